The van der Waals surface area contributed by atoms with Crippen molar-refractivity contribution in [2.75, 3.05) is 0 Å². The lowest BCUT2D eigenvalue weighted by Crippen LogP contribution is -2.23. The third kappa shape index (κ3) is 2.07. The van der Waals surface area contributed by atoms with Crippen LogP contribution >= 0.6 is 46.4 Å². The molecule has 10 heavy (non-hydrogen) atoms. The normalized spacial score (nSPS) is 34.8. The highest BCUT2D eigenvalue weighted by Crippen LogP contribution is 2.46. The van der Waals surface area contributed by atoms with Crippen LogP contribution in [0, 0.1) is 5.92 Å². The Morgan fingerprint density at radius 1 is 1.10 bits per heavy atom. The average molecular weight is 222 g/mol. The van der Waals surface area contributed by atoms with E-state index in [1.165, 1.54) is 0 Å². The Hall–Kier alpha value is 1.16. The van der Waals surface area contributed by atoms with Gasteiger partial charge < -0.3 is 0 Å². The van der Waals surface area contributed by atoms with Gasteiger partial charge in [0, 0.05) is 11.3 Å². The summed E-state index contributed by atoms with van der Waals surface area (Å²) >= 11 is 23.0. The maximum absolute atomic E-state index is 5.91. The van der Waals surface area contributed by atoms with E-state index < -0.39 is 3.79 Å². The van der Waals surface area contributed by atoms with Crippen LogP contribution in [-0.2, 0) is 0 Å². The molecule has 2 atom stereocenters. The molecule has 0 aromatic carbocycles. The van der Waals surface area contributed by atoms with Crippen molar-refractivity contribution in [2.24, 2.45) is 5.92 Å². The molecule has 1 fully saturated rings. The second-order valence-electron chi connectivity index (χ2n) is 2.60. The van der Waals surface area contributed by atoms with Crippen molar-refractivity contribution >= 4 is 46.4 Å². The lowest BCUT2D eigenvalue weighted by molar-refractivity contribution is 0.568. The molecule has 1 aliphatic carbocycles. The van der Waals surface area contributed by atoms with Gasteiger partial charge in [0.2, 0.25) is 0 Å². The van der Waals surface area contributed by atoms with E-state index >= 15 is 0 Å². The molecular formula is C6H8Cl4. The molecule has 1 rings (SSSR count). The molecule has 1 aliphatic rings. The Balaban J connectivity index is 2.55. The van der Waals surface area contributed by atoms with Gasteiger partial charge in [-0.05, 0) is 12.8 Å². The van der Waals surface area contributed by atoms with Gasteiger partial charge >= 0.3 is 0 Å². The molecule has 60 valence electrons. The van der Waals surface area contributed by atoms with Gasteiger partial charge in [0.05, 0.1) is 0 Å². The number of hydrogen-bond acceptors (Lipinski definition) is 0. The Morgan fingerprint density at radius 3 is 1.90 bits per heavy atom. The summed E-state index contributed by atoms with van der Waals surface area (Å²) in [5, 5.41) is 0.0486. The van der Waals surface area contributed by atoms with Crippen molar-refractivity contribution < 1.29 is 0 Å². The monoisotopic (exact) mass is 220 g/mol. The number of alkyl halides is 4. The first-order chi connectivity index (χ1) is 4.52. The molecule has 0 spiro atoms. The van der Waals surface area contributed by atoms with Crippen LogP contribution in [-0.4, -0.2) is 9.17 Å². The smallest absolute Gasteiger partial charge is 0.123 e. The first-order valence-corrected chi connectivity index (χ1v) is 4.79. The van der Waals surface area contributed by atoms with Crippen molar-refractivity contribution in [2.45, 2.75) is 28.4 Å². The Morgan fingerprint density at radius 2 is 1.70 bits per heavy atom. The van der Waals surface area contributed by atoms with Crippen molar-refractivity contribution in [3.8, 4) is 0 Å². The van der Waals surface area contributed by atoms with Gasteiger partial charge in [-0.15, -0.1) is 11.6 Å². The minimum absolute atomic E-state index is 0.0409. The van der Waals surface area contributed by atoms with Gasteiger partial charge in [0.15, 0.2) is 3.79 Å². The highest BCUT2D eigenvalue weighted by molar-refractivity contribution is 6.68. The van der Waals surface area contributed by atoms with Crippen LogP contribution in [0.2, 0.25) is 0 Å². The fourth-order valence-electron chi connectivity index (χ4n) is 1.28. The molecule has 0 aromatic rings. The van der Waals surface area contributed by atoms with E-state index in [1.54, 1.807) is 0 Å². The van der Waals surface area contributed by atoms with Crippen LogP contribution < -0.4 is 0 Å². The van der Waals surface area contributed by atoms with E-state index in [0.29, 0.717) is 0 Å². The quantitative estimate of drug-likeness (QED) is 0.547. The molecule has 0 heterocycles. The van der Waals surface area contributed by atoms with Gasteiger partial charge in [-0.3, -0.25) is 0 Å². The zero-order chi connectivity index (χ0) is 7.78. The highest BCUT2D eigenvalue weighted by atomic mass is 35.6. The van der Waals surface area contributed by atoms with E-state index in [4.69, 9.17) is 46.4 Å². The van der Waals surface area contributed by atoms with Gasteiger partial charge in [0.1, 0.15) is 0 Å². The SMILES string of the molecule is Cl[C@@H]1CCC[C@H]1C(Cl)(Cl)Cl. The van der Waals surface area contributed by atoms with Crippen LogP contribution in [0.15, 0.2) is 0 Å². The van der Waals surface area contributed by atoms with Gasteiger partial charge in [-0.1, -0.05) is 41.2 Å². The van der Waals surface area contributed by atoms with Gasteiger partial charge in [-0.2, -0.15) is 0 Å². The van der Waals surface area contributed by atoms with Gasteiger partial charge in [0.25, 0.3) is 0 Å². The summed E-state index contributed by atoms with van der Waals surface area (Å²) in [5.74, 6) is 0.0409. The standard InChI is InChI=1S/C6H8Cl4/c7-5-3-1-2-4(5)6(8,9)10/h4-5H,1-3H2/t4-,5-/m1/s1. The second-order valence-corrected chi connectivity index (χ2v) is 5.52. The topological polar surface area (TPSA) is 0 Å². The van der Waals surface area contributed by atoms with Crippen LogP contribution in [0.25, 0.3) is 0 Å². The largest absolute Gasteiger partial charge is 0.194 e. The first-order valence-electron chi connectivity index (χ1n) is 3.22. The number of halogens is 4. The third-order valence-electron chi connectivity index (χ3n) is 1.85. The first kappa shape index (κ1) is 9.25. The van der Waals surface area contributed by atoms with Crippen LogP contribution in [0.4, 0.5) is 0 Å². The minimum Gasteiger partial charge on any atom is -0.123 e. The molecule has 0 aliphatic heterocycles. The minimum atomic E-state index is -1.16. The summed E-state index contributed by atoms with van der Waals surface area (Å²) < 4.78 is -1.16. The second kappa shape index (κ2) is 3.26. The molecular weight excluding hydrogens is 214 g/mol. The Bertz CT molecular complexity index is 117. The predicted molar refractivity (Wildman–Crippen MR) is 47.3 cm³/mol. The van der Waals surface area contributed by atoms with E-state index in [-0.39, 0.29) is 11.3 Å². The van der Waals surface area contributed by atoms with E-state index in [0.717, 1.165) is 19.3 Å². The lowest BCUT2D eigenvalue weighted by atomic mass is 10.1. The molecule has 0 unspecified atom stereocenters. The number of hydrogen-bond donors (Lipinski definition) is 0. The predicted octanol–water partition coefficient (Wildman–Crippen LogP) is 3.76. The van der Waals surface area contributed by atoms with Crippen LogP contribution in [0.3, 0.4) is 0 Å². The van der Waals surface area contributed by atoms with Crippen molar-refractivity contribution in [1.82, 2.24) is 0 Å². The molecule has 0 N–H and O–H groups in total. The lowest BCUT2D eigenvalue weighted by Gasteiger charge is -2.21. The summed E-state index contributed by atoms with van der Waals surface area (Å²) in [4.78, 5) is 0. The van der Waals surface area contributed by atoms with Gasteiger partial charge in [-0.25, -0.2) is 0 Å². The Kier molecular flexibility index (Phi) is 3.02. The summed E-state index contributed by atoms with van der Waals surface area (Å²) in [7, 11) is 0. The average Bonchev–Trinajstić information content (AvgIpc) is 2.11. The van der Waals surface area contributed by atoms with E-state index in [9.17, 15) is 0 Å². The molecule has 1 saturated carbocycles. The molecule has 0 saturated heterocycles. The fourth-order valence-corrected chi connectivity index (χ4v) is 2.73. The maximum Gasteiger partial charge on any atom is 0.194 e. The maximum atomic E-state index is 5.91. The molecule has 0 nitrogen and oxygen atoms in total. The number of rotatable bonds is 0. The van der Waals surface area contributed by atoms with Crippen molar-refractivity contribution in [3.63, 3.8) is 0 Å². The molecule has 0 amide bonds. The summed E-state index contributed by atoms with van der Waals surface area (Å²) in [6.45, 7) is 0. The van der Waals surface area contributed by atoms with Crippen LogP contribution in [0.1, 0.15) is 19.3 Å². The Labute approximate surface area is 80.8 Å². The highest BCUT2D eigenvalue weighted by Gasteiger charge is 2.40. The summed E-state index contributed by atoms with van der Waals surface area (Å²) in [6, 6.07) is 0. The van der Waals surface area contributed by atoms with E-state index in [2.05, 4.69) is 0 Å². The van der Waals surface area contributed by atoms with E-state index in [1.807, 2.05) is 0 Å². The molecule has 0 aromatic heterocycles. The van der Waals surface area contributed by atoms with Crippen molar-refractivity contribution in [3.05, 3.63) is 0 Å². The zero-order valence-corrected chi connectivity index (χ0v) is 8.31. The molecule has 0 radical (unpaired) electrons. The third-order valence-corrected chi connectivity index (χ3v) is 3.22. The zero-order valence-electron chi connectivity index (χ0n) is 5.29. The molecule has 4 heteroatoms. The van der Waals surface area contributed by atoms with Crippen LogP contribution in [0.5, 0.6) is 0 Å². The fraction of sp³-hybridized carbons (Fsp3) is 1.00. The summed E-state index contributed by atoms with van der Waals surface area (Å²) in [5.41, 5.74) is 0. The molecule has 0 bridgehead atoms. The van der Waals surface area contributed by atoms with Crippen molar-refractivity contribution in [1.29, 1.82) is 0 Å². The summed E-state index contributed by atoms with van der Waals surface area (Å²) in [6.07, 6.45) is 2.98.